The lowest BCUT2D eigenvalue weighted by atomic mass is 10.1. The molecule has 0 unspecified atom stereocenters. The van der Waals surface area contributed by atoms with E-state index in [1.165, 1.54) is 5.01 Å². The summed E-state index contributed by atoms with van der Waals surface area (Å²) >= 11 is 0. The van der Waals surface area contributed by atoms with Gasteiger partial charge in [-0.2, -0.15) is 5.10 Å². The summed E-state index contributed by atoms with van der Waals surface area (Å²) in [6, 6.07) is 17.9. The van der Waals surface area contributed by atoms with Crippen LogP contribution in [0, 0.1) is 6.92 Å². The van der Waals surface area contributed by atoms with Crippen molar-refractivity contribution in [1.29, 1.82) is 0 Å². The fraction of sp³-hybridized carbons (Fsp3) is 0.286. The van der Waals surface area contributed by atoms with Crippen molar-refractivity contribution in [1.82, 2.24) is 10.3 Å². The Bertz CT molecular complexity index is 815. The van der Waals surface area contributed by atoms with Crippen LogP contribution in [0.1, 0.15) is 36.0 Å². The van der Waals surface area contributed by atoms with E-state index in [1.807, 2.05) is 61.5 Å². The van der Waals surface area contributed by atoms with Crippen LogP contribution >= 0.6 is 0 Å². The molecule has 0 fully saturated rings. The number of aryl methyl sites for hydroxylation is 1. The zero-order valence-corrected chi connectivity index (χ0v) is 14.9. The molecular formula is C21H23N3O2. The topological polar surface area (TPSA) is 61.8 Å². The molecule has 0 aromatic heterocycles. The van der Waals surface area contributed by atoms with Crippen molar-refractivity contribution >= 4 is 17.5 Å². The Morgan fingerprint density at radius 2 is 1.88 bits per heavy atom. The van der Waals surface area contributed by atoms with Crippen molar-refractivity contribution in [3.8, 4) is 0 Å². The molecule has 1 heterocycles. The number of rotatable bonds is 6. The van der Waals surface area contributed by atoms with E-state index in [9.17, 15) is 9.59 Å². The van der Waals surface area contributed by atoms with Crippen LogP contribution in [0.4, 0.5) is 0 Å². The van der Waals surface area contributed by atoms with Crippen molar-refractivity contribution in [3.05, 3.63) is 71.3 Å². The first-order chi connectivity index (χ1) is 12.6. The number of nitrogens with one attached hydrogen (secondary N) is 1. The lowest BCUT2D eigenvalue weighted by molar-refractivity contribution is -0.133. The van der Waals surface area contributed by atoms with Crippen LogP contribution in [0.3, 0.4) is 0 Å². The van der Waals surface area contributed by atoms with Crippen molar-refractivity contribution in [2.45, 2.75) is 32.7 Å². The van der Waals surface area contributed by atoms with Gasteiger partial charge >= 0.3 is 0 Å². The van der Waals surface area contributed by atoms with Crippen molar-refractivity contribution < 1.29 is 9.59 Å². The Hall–Kier alpha value is -2.95. The molecule has 1 aliphatic heterocycles. The Balaban J connectivity index is 1.45. The van der Waals surface area contributed by atoms with Gasteiger partial charge in [-0.3, -0.25) is 9.59 Å². The molecular weight excluding hydrogens is 326 g/mol. The number of hydrazone groups is 1. The van der Waals surface area contributed by atoms with Crippen molar-refractivity contribution in [3.63, 3.8) is 0 Å². The van der Waals surface area contributed by atoms with Crippen molar-refractivity contribution in [2.75, 3.05) is 6.54 Å². The van der Waals surface area contributed by atoms with Gasteiger partial charge in [0.15, 0.2) is 0 Å². The molecule has 0 saturated carbocycles. The second-order valence-corrected chi connectivity index (χ2v) is 6.45. The fourth-order valence-corrected chi connectivity index (χ4v) is 2.93. The molecule has 0 radical (unpaired) electrons. The summed E-state index contributed by atoms with van der Waals surface area (Å²) in [5, 5.41) is 8.75. The minimum absolute atomic E-state index is 0.110. The molecule has 5 nitrogen and oxygen atoms in total. The lowest BCUT2D eigenvalue weighted by Gasteiger charge is -2.11. The molecule has 134 valence electrons. The van der Waals surface area contributed by atoms with Gasteiger partial charge in [0, 0.05) is 25.8 Å². The lowest BCUT2D eigenvalue weighted by Crippen LogP contribution is -2.27. The minimum Gasteiger partial charge on any atom is -0.352 e. The Kier molecular flexibility index (Phi) is 5.79. The van der Waals surface area contributed by atoms with E-state index in [2.05, 4.69) is 10.4 Å². The van der Waals surface area contributed by atoms with E-state index in [0.717, 1.165) is 28.8 Å². The first-order valence-corrected chi connectivity index (χ1v) is 8.87. The zero-order valence-electron chi connectivity index (χ0n) is 14.9. The second kappa shape index (κ2) is 8.43. The summed E-state index contributed by atoms with van der Waals surface area (Å²) in [6.07, 6.45) is 1.10. The van der Waals surface area contributed by atoms with Gasteiger partial charge in [0.2, 0.25) is 11.8 Å². The average molecular weight is 349 g/mol. The number of carbonyl (C=O) groups is 2. The van der Waals surface area contributed by atoms with E-state index in [4.69, 9.17) is 0 Å². The van der Waals surface area contributed by atoms with Crippen LogP contribution in [0.5, 0.6) is 0 Å². The van der Waals surface area contributed by atoms with Gasteiger partial charge in [-0.25, -0.2) is 5.01 Å². The molecule has 2 aromatic carbocycles. The summed E-state index contributed by atoms with van der Waals surface area (Å²) in [7, 11) is 0. The Morgan fingerprint density at radius 1 is 1.08 bits per heavy atom. The summed E-state index contributed by atoms with van der Waals surface area (Å²) < 4.78 is 0. The Morgan fingerprint density at radius 3 is 2.65 bits per heavy atom. The third-order valence-electron chi connectivity index (χ3n) is 4.33. The van der Waals surface area contributed by atoms with Crippen molar-refractivity contribution in [2.24, 2.45) is 5.10 Å². The smallest absolute Gasteiger partial charge is 0.243 e. The highest BCUT2D eigenvalue weighted by molar-refractivity contribution is 6.02. The predicted molar refractivity (Wildman–Crippen MR) is 102 cm³/mol. The molecule has 1 aliphatic rings. The monoisotopic (exact) mass is 349 g/mol. The maximum absolute atomic E-state index is 12.3. The van der Waals surface area contributed by atoms with Crippen LogP contribution in [0.25, 0.3) is 0 Å². The molecule has 3 rings (SSSR count). The number of hydrogen-bond donors (Lipinski definition) is 1. The van der Waals surface area contributed by atoms with E-state index < -0.39 is 0 Å². The maximum atomic E-state index is 12.3. The molecule has 5 heteroatoms. The fourth-order valence-electron chi connectivity index (χ4n) is 2.93. The Labute approximate surface area is 153 Å². The number of nitrogens with zero attached hydrogens (tertiary/aromatic N) is 2. The summed E-state index contributed by atoms with van der Waals surface area (Å²) in [6.45, 7) is 3.08. The van der Waals surface area contributed by atoms with E-state index in [1.54, 1.807) is 0 Å². The number of amides is 2. The van der Waals surface area contributed by atoms with Gasteiger partial charge in [-0.1, -0.05) is 60.2 Å². The molecule has 0 saturated heterocycles. The highest BCUT2D eigenvalue weighted by Crippen LogP contribution is 2.15. The second-order valence-electron chi connectivity index (χ2n) is 6.45. The summed E-state index contributed by atoms with van der Waals surface area (Å²) in [4.78, 5) is 24.3. The maximum Gasteiger partial charge on any atom is 0.243 e. The first kappa shape index (κ1) is 17.9. The van der Waals surface area contributed by atoms with E-state index in [-0.39, 0.29) is 24.7 Å². The molecule has 0 spiro atoms. The minimum atomic E-state index is -0.119. The van der Waals surface area contributed by atoms with Gasteiger partial charge in [0.25, 0.3) is 0 Å². The van der Waals surface area contributed by atoms with E-state index in [0.29, 0.717) is 13.1 Å². The number of benzene rings is 2. The summed E-state index contributed by atoms with van der Waals surface area (Å²) in [5.41, 5.74) is 4.18. The number of carbonyl (C=O) groups excluding carboxylic acids is 2. The highest BCUT2D eigenvalue weighted by atomic mass is 16.2. The third-order valence-corrected chi connectivity index (χ3v) is 4.33. The van der Waals surface area contributed by atoms with Gasteiger partial charge in [-0.15, -0.1) is 0 Å². The van der Waals surface area contributed by atoms with Crippen LogP contribution in [-0.2, 0) is 16.1 Å². The van der Waals surface area contributed by atoms with E-state index >= 15 is 0 Å². The SMILES string of the molecule is Cc1cccc(CNC(=O)CCC(=O)N2CCC(c3ccccc3)=N2)c1. The average Bonchev–Trinajstić information content (AvgIpc) is 3.15. The van der Waals surface area contributed by atoms with Crippen LogP contribution < -0.4 is 5.32 Å². The summed E-state index contributed by atoms with van der Waals surface area (Å²) in [5.74, 6) is -0.229. The molecule has 2 aromatic rings. The first-order valence-electron chi connectivity index (χ1n) is 8.87. The van der Waals surface area contributed by atoms with Gasteiger partial charge in [0.05, 0.1) is 12.3 Å². The molecule has 26 heavy (non-hydrogen) atoms. The standard InChI is InChI=1S/C21H23N3O2/c1-16-6-5-7-17(14-16)15-22-20(25)10-11-21(26)24-13-12-19(23-24)18-8-3-2-4-9-18/h2-9,14H,10-13,15H2,1H3,(H,22,25). The number of hydrogen-bond acceptors (Lipinski definition) is 3. The quantitative estimate of drug-likeness (QED) is 0.871. The van der Waals surface area contributed by atoms with Crippen LogP contribution in [0.2, 0.25) is 0 Å². The van der Waals surface area contributed by atoms with Gasteiger partial charge in [-0.05, 0) is 18.1 Å². The van der Waals surface area contributed by atoms with Gasteiger partial charge < -0.3 is 5.32 Å². The van der Waals surface area contributed by atoms with Crippen LogP contribution in [-0.4, -0.2) is 29.1 Å². The molecule has 0 aliphatic carbocycles. The normalized spacial score (nSPS) is 13.4. The third kappa shape index (κ3) is 4.79. The molecule has 1 N–H and O–H groups in total. The molecule has 2 amide bonds. The predicted octanol–water partition coefficient (Wildman–Crippen LogP) is 3.03. The zero-order chi connectivity index (χ0) is 18.4. The largest absolute Gasteiger partial charge is 0.352 e. The molecule has 0 atom stereocenters. The van der Waals surface area contributed by atoms with Gasteiger partial charge in [0.1, 0.15) is 0 Å². The molecule has 0 bridgehead atoms. The highest BCUT2D eigenvalue weighted by Gasteiger charge is 2.21. The van der Waals surface area contributed by atoms with Crippen LogP contribution in [0.15, 0.2) is 59.7 Å².